The zero-order valence-electron chi connectivity index (χ0n) is 14.7. The molecule has 0 radical (unpaired) electrons. The zero-order valence-corrected chi connectivity index (χ0v) is 15.7. The van der Waals surface area contributed by atoms with Gasteiger partial charge in [-0.1, -0.05) is 33.9 Å². The molecule has 0 saturated heterocycles. The molecular weight excluding hydrogens is 284 g/mol. The van der Waals surface area contributed by atoms with Crippen molar-refractivity contribution in [3.63, 3.8) is 0 Å². The topological polar surface area (TPSA) is 47.9 Å². The highest BCUT2D eigenvalue weighted by atomic mass is 28.3. The Hall–Kier alpha value is -0.523. The summed E-state index contributed by atoms with van der Waals surface area (Å²) in [6.07, 6.45) is 2.97. The Labute approximate surface area is 130 Å². The molecule has 1 heterocycles. The maximum Gasteiger partial charge on any atom is 0.279 e. The summed E-state index contributed by atoms with van der Waals surface area (Å²) in [5, 5.41) is 9.76. The second kappa shape index (κ2) is 6.71. The monoisotopic (exact) mass is 316 g/mol. The van der Waals surface area contributed by atoms with Gasteiger partial charge in [-0.05, 0) is 31.2 Å². The van der Waals surface area contributed by atoms with Gasteiger partial charge in [-0.2, -0.15) is 0 Å². The van der Waals surface area contributed by atoms with E-state index >= 15 is 0 Å². The Bertz CT molecular complexity index is 384. The van der Waals surface area contributed by atoms with Crippen LogP contribution in [0.3, 0.4) is 0 Å². The normalized spacial score (nSPS) is 23.0. The Balaban J connectivity index is 2.71. The third kappa shape index (κ3) is 3.46. The molecule has 1 aliphatic rings. The van der Waals surface area contributed by atoms with Crippen molar-refractivity contribution in [1.82, 2.24) is 0 Å². The van der Waals surface area contributed by atoms with Crippen molar-refractivity contribution in [2.45, 2.75) is 70.3 Å². The van der Waals surface area contributed by atoms with Crippen LogP contribution in [0, 0.1) is 0 Å². The fourth-order valence-electron chi connectivity index (χ4n) is 2.92. The van der Waals surface area contributed by atoms with Crippen LogP contribution in [0.5, 0.6) is 0 Å². The second-order valence-electron chi connectivity index (χ2n) is 7.51. The summed E-state index contributed by atoms with van der Waals surface area (Å²) in [5.74, 6) is 0.135. The van der Waals surface area contributed by atoms with E-state index < -0.39 is 8.07 Å². The lowest BCUT2D eigenvalue weighted by atomic mass is 10.0. The number of unbranched alkanes of at least 4 members (excludes halogenated alkanes) is 1. The molecule has 1 unspecified atom stereocenters. The van der Waals surface area contributed by atoms with Crippen LogP contribution in [0.15, 0.2) is 11.5 Å². The van der Waals surface area contributed by atoms with E-state index in [9.17, 15) is 5.11 Å². The first-order valence-corrected chi connectivity index (χ1v) is 10.8. The Morgan fingerprint density at radius 2 is 1.86 bits per heavy atom. The van der Waals surface area contributed by atoms with Crippen LogP contribution in [0.2, 0.25) is 18.1 Å². The SMILES string of the molecule is COCOCCCCC1([Si](C)(C)C(C)(C)C)OC(O)=C1C. The van der Waals surface area contributed by atoms with Crippen molar-refractivity contribution >= 4 is 8.07 Å². The maximum absolute atomic E-state index is 9.79. The summed E-state index contributed by atoms with van der Waals surface area (Å²) in [7, 11) is -0.127. The van der Waals surface area contributed by atoms with Crippen LogP contribution in [0.4, 0.5) is 0 Å². The molecule has 0 aromatic rings. The third-order valence-corrected chi connectivity index (χ3v) is 11.8. The number of ether oxygens (including phenoxy) is 3. The van der Waals surface area contributed by atoms with Crippen molar-refractivity contribution in [3.8, 4) is 0 Å². The van der Waals surface area contributed by atoms with Crippen LogP contribution in [-0.4, -0.2) is 38.9 Å². The molecule has 1 rings (SSSR count). The highest BCUT2D eigenvalue weighted by molar-refractivity contribution is 6.83. The summed E-state index contributed by atoms with van der Waals surface area (Å²) in [6, 6.07) is 0. The van der Waals surface area contributed by atoms with E-state index in [1.54, 1.807) is 7.11 Å². The molecule has 0 aromatic carbocycles. The van der Waals surface area contributed by atoms with Crippen molar-refractivity contribution in [1.29, 1.82) is 0 Å². The summed E-state index contributed by atoms with van der Waals surface area (Å²) in [6.45, 7) is 14.7. The molecule has 0 aromatic heterocycles. The molecule has 0 fully saturated rings. The van der Waals surface area contributed by atoms with E-state index in [0.29, 0.717) is 13.4 Å². The van der Waals surface area contributed by atoms with E-state index in [4.69, 9.17) is 14.2 Å². The van der Waals surface area contributed by atoms with E-state index in [-0.39, 0.29) is 16.2 Å². The first kappa shape index (κ1) is 18.5. The van der Waals surface area contributed by atoms with Crippen molar-refractivity contribution in [2.75, 3.05) is 20.5 Å². The number of methoxy groups -OCH3 is 1. The number of aliphatic hydroxyl groups is 1. The molecule has 4 nitrogen and oxygen atoms in total. The van der Waals surface area contributed by atoms with Gasteiger partial charge in [-0.3, -0.25) is 0 Å². The fourth-order valence-corrected chi connectivity index (χ4v) is 6.33. The largest absolute Gasteiger partial charge is 0.481 e. The third-order valence-electron chi connectivity index (χ3n) is 5.35. The number of hydrogen-bond donors (Lipinski definition) is 1. The predicted octanol–water partition coefficient (Wildman–Crippen LogP) is 4.38. The number of hydrogen-bond acceptors (Lipinski definition) is 4. The van der Waals surface area contributed by atoms with Crippen molar-refractivity contribution in [3.05, 3.63) is 11.5 Å². The minimum absolute atomic E-state index is 0.135. The number of aliphatic hydroxyl groups excluding tert-OH is 1. The van der Waals surface area contributed by atoms with E-state index in [0.717, 1.165) is 24.8 Å². The van der Waals surface area contributed by atoms with Crippen LogP contribution in [0.1, 0.15) is 47.0 Å². The quantitative estimate of drug-likeness (QED) is 0.410. The molecule has 0 aliphatic carbocycles. The minimum atomic E-state index is -1.76. The maximum atomic E-state index is 9.79. The first-order chi connectivity index (χ1) is 9.60. The molecule has 0 spiro atoms. The zero-order chi connectivity index (χ0) is 16.3. The van der Waals surface area contributed by atoms with Gasteiger partial charge in [-0.25, -0.2) is 0 Å². The van der Waals surface area contributed by atoms with Crippen molar-refractivity contribution in [2.24, 2.45) is 0 Å². The van der Waals surface area contributed by atoms with E-state index in [1.165, 1.54) is 0 Å². The summed E-state index contributed by atoms with van der Waals surface area (Å²) in [5.41, 5.74) is 1.03. The molecule has 1 N–H and O–H groups in total. The lowest BCUT2D eigenvalue weighted by Gasteiger charge is -2.56. The van der Waals surface area contributed by atoms with E-state index in [2.05, 4.69) is 33.9 Å². The van der Waals surface area contributed by atoms with Gasteiger partial charge in [0.15, 0.2) is 0 Å². The molecule has 1 aliphatic heterocycles. The van der Waals surface area contributed by atoms with Gasteiger partial charge in [0.1, 0.15) is 20.1 Å². The average Bonchev–Trinajstić information content (AvgIpc) is 2.39. The summed E-state index contributed by atoms with van der Waals surface area (Å²) < 4.78 is 16.1. The Morgan fingerprint density at radius 1 is 1.24 bits per heavy atom. The molecule has 21 heavy (non-hydrogen) atoms. The Morgan fingerprint density at radius 3 is 2.29 bits per heavy atom. The van der Waals surface area contributed by atoms with Gasteiger partial charge in [-0.15, -0.1) is 0 Å². The highest BCUT2D eigenvalue weighted by Gasteiger charge is 2.61. The van der Waals surface area contributed by atoms with Crippen LogP contribution < -0.4 is 0 Å². The van der Waals surface area contributed by atoms with Crippen LogP contribution in [0.25, 0.3) is 0 Å². The lowest BCUT2D eigenvalue weighted by Crippen LogP contribution is -2.65. The fraction of sp³-hybridized carbons (Fsp3) is 0.875. The summed E-state index contributed by atoms with van der Waals surface area (Å²) in [4.78, 5) is 0. The van der Waals surface area contributed by atoms with Crippen molar-refractivity contribution < 1.29 is 19.3 Å². The minimum Gasteiger partial charge on any atom is -0.481 e. The molecule has 0 bridgehead atoms. The van der Waals surface area contributed by atoms with Gasteiger partial charge in [0, 0.05) is 19.3 Å². The van der Waals surface area contributed by atoms with Crippen LogP contribution in [-0.2, 0) is 14.2 Å². The molecule has 124 valence electrons. The number of rotatable bonds is 8. The predicted molar refractivity (Wildman–Crippen MR) is 88.0 cm³/mol. The van der Waals surface area contributed by atoms with Gasteiger partial charge in [0.2, 0.25) is 0 Å². The molecule has 0 saturated carbocycles. The average molecular weight is 317 g/mol. The lowest BCUT2D eigenvalue weighted by molar-refractivity contribution is -0.0538. The molecule has 1 atom stereocenters. The van der Waals surface area contributed by atoms with Gasteiger partial charge >= 0.3 is 0 Å². The van der Waals surface area contributed by atoms with Crippen LogP contribution >= 0.6 is 0 Å². The Kier molecular flexibility index (Phi) is 5.92. The van der Waals surface area contributed by atoms with Gasteiger partial charge < -0.3 is 19.3 Å². The highest BCUT2D eigenvalue weighted by Crippen LogP contribution is 2.54. The molecule has 0 amide bonds. The van der Waals surface area contributed by atoms with Gasteiger partial charge in [0.25, 0.3) is 5.95 Å². The second-order valence-corrected chi connectivity index (χ2v) is 13.1. The molecule has 5 heteroatoms. The first-order valence-electron chi connectivity index (χ1n) is 7.76. The van der Waals surface area contributed by atoms with Gasteiger partial charge in [0.05, 0.1) is 0 Å². The smallest absolute Gasteiger partial charge is 0.279 e. The molecular formula is C16H32O4Si. The van der Waals surface area contributed by atoms with E-state index in [1.807, 2.05) is 6.92 Å². The summed E-state index contributed by atoms with van der Waals surface area (Å²) >= 11 is 0. The standard InChI is InChI=1S/C16H32O4Si/c1-13-14(17)20-16(13,21(6,7)15(2,3)4)10-8-9-11-19-12-18-5/h17H,8-12H2,1-7H3.